The lowest BCUT2D eigenvalue weighted by Crippen LogP contribution is -2.34. The zero-order valence-corrected chi connectivity index (χ0v) is 23.5. The van der Waals surface area contributed by atoms with Gasteiger partial charge in [-0.1, -0.05) is 29.3 Å². The van der Waals surface area contributed by atoms with Crippen molar-refractivity contribution in [3.63, 3.8) is 0 Å². The lowest BCUT2D eigenvalue weighted by Gasteiger charge is -2.23. The molecule has 1 unspecified atom stereocenters. The minimum absolute atomic E-state index is 0.0464. The van der Waals surface area contributed by atoms with Gasteiger partial charge in [0.1, 0.15) is 18.4 Å². The molecule has 216 valence electrons. The van der Waals surface area contributed by atoms with Gasteiger partial charge in [-0.2, -0.15) is 8.78 Å². The van der Waals surface area contributed by atoms with Gasteiger partial charge in [0.25, 0.3) is 0 Å². The fourth-order valence-corrected chi connectivity index (χ4v) is 5.07. The third-order valence-corrected chi connectivity index (χ3v) is 7.50. The van der Waals surface area contributed by atoms with E-state index in [1.54, 1.807) is 18.2 Å². The molecule has 2 heterocycles. The van der Waals surface area contributed by atoms with Crippen molar-refractivity contribution in [3.05, 3.63) is 75.5 Å². The molecule has 0 saturated heterocycles. The van der Waals surface area contributed by atoms with E-state index >= 15 is 0 Å². The monoisotopic (exact) mass is 606 g/mol. The number of nitrogens with zero attached hydrogens (tertiary/aromatic N) is 2. The average Bonchev–Trinajstić information content (AvgIpc) is 3.72. The molecule has 1 aliphatic heterocycles. The number of fused-ring (bicyclic) bond motifs is 1. The highest BCUT2D eigenvalue weighted by Crippen LogP contribution is 2.38. The van der Waals surface area contributed by atoms with E-state index in [-0.39, 0.29) is 46.8 Å². The fourth-order valence-electron chi connectivity index (χ4n) is 4.55. The molecule has 1 fully saturated rings. The number of alkyl halides is 2. The predicted molar refractivity (Wildman–Crippen MR) is 147 cm³/mol. The van der Waals surface area contributed by atoms with Gasteiger partial charge in [0.15, 0.2) is 11.5 Å². The summed E-state index contributed by atoms with van der Waals surface area (Å²) in [6.07, 6.45) is 4.03. The zero-order valence-electron chi connectivity index (χ0n) is 21.9. The third-order valence-electron chi connectivity index (χ3n) is 6.85. The van der Waals surface area contributed by atoms with E-state index < -0.39 is 18.7 Å². The number of benzene rings is 2. The highest BCUT2D eigenvalue weighted by atomic mass is 35.5. The second-order valence-electron chi connectivity index (χ2n) is 9.75. The van der Waals surface area contributed by atoms with Crippen LogP contribution in [0.1, 0.15) is 35.6 Å². The number of amides is 1. The molecule has 8 nitrogen and oxygen atoms in total. The number of methoxy groups -OCH3 is 1. The van der Waals surface area contributed by atoms with Gasteiger partial charge in [-0.05, 0) is 65.8 Å². The Morgan fingerprint density at radius 3 is 2.54 bits per heavy atom. The van der Waals surface area contributed by atoms with E-state index in [9.17, 15) is 18.4 Å². The minimum Gasteiger partial charge on any atom is -0.497 e. The summed E-state index contributed by atoms with van der Waals surface area (Å²) in [6, 6.07) is 9.52. The summed E-state index contributed by atoms with van der Waals surface area (Å²) in [6.45, 7) is -3.05. The van der Waals surface area contributed by atoms with Crippen LogP contribution in [0.15, 0.2) is 48.8 Å². The van der Waals surface area contributed by atoms with E-state index in [2.05, 4.69) is 9.72 Å². The molecule has 0 radical (unpaired) electrons. The van der Waals surface area contributed by atoms with Gasteiger partial charge in [0.05, 0.1) is 30.2 Å². The van der Waals surface area contributed by atoms with Crippen molar-refractivity contribution >= 4 is 40.8 Å². The molecule has 2 aromatic carbocycles. The lowest BCUT2D eigenvalue weighted by molar-refractivity contribution is -0.148. The number of rotatable bonds is 12. The number of hydrogen-bond donors (Lipinski definition) is 0. The van der Waals surface area contributed by atoms with Crippen LogP contribution in [-0.4, -0.2) is 43.7 Å². The molecule has 12 heteroatoms. The van der Waals surface area contributed by atoms with Crippen LogP contribution in [0.25, 0.3) is 0 Å². The minimum atomic E-state index is -3.05. The summed E-state index contributed by atoms with van der Waals surface area (Å²) in [5.74, 6) is -0.0367. The highest BCUT2D eigenvalue weighted by Gasteiger charge is 2.31. The Balaban J connectivity index is 1.42. The van der Waals surface area contributed by atoms with Gasteiger partial charge >= 0.3 is 12.6 Å². The number of halogens is 4. The third kappa shape index (κ3) is 7.00. The molecule has 1 atom stereocenters. The van der Waals surface area contributed by atoms with E-state index in [0.717, 1.165) is 18.4 Å². The first-order valence-electron chi connectivity index (χ1n) is 12.9. The first-order chi connectivity index (χ1) is 19.7. The normalized spacial score (nSPS) is 15.1. The van der Waals surface area contributed by atoms with Crippen molar-refractivity contribution in [2.24, 2.45) is 5.92 Å². The molecule has 0 N–H and O–H groups in total. The van der Waals surface area contributed by atoms with Crippen molar-refractivity contribution < 1.29 is 37.3 Å². The number of carbonyl (C=O) groups is 2. The Morgan fingerprint density at radius 2 is 1.85 bits per heavy atom. The van der Waals surface area contributed by atoms with Crippen LogP contribution >= 0.6 is 23.2 Å². The molecule has 1 amide bonds. The Kier molecular flexibility index (Phi) is 8.79. The Hall–Kier alpha value is -3.63. The van der Waals surface area contributed by atoms with Gasteiger partial charge in [-0.15, -0.1) is 0 Å². The molecule has 0 bridgehead atoms. The standard InChI is InChI=1S/C29H26Cl2F2N2O6/c1-38-19-5-6-23-18(8-19)10-27(36)35(23)14-28(37)40-25(11-20-21(30)12-34-13-22(20)31)17-4-7-24(41-29(32)33)26(9-17)39-15-16-2-3-16/h4-9,12-13,16,25,29H,2-3,10-11,14-15H2,1H3. The smallest absolute Gasteiger partial charge is 0.387 e. The summed E-state index contributed by atoms with van der Waals surface area (Å²) < 4.78 is 47.7. The van der Waals surface area contributed by atoms with Crippen LogP contribution in [0.4, 0.5) is 14.5 Å². The average molecular weight is 607 g/mol. The van der Waals surface area contributed by atoms with Crippen LogP contribution in [0.5, 0.6) is 17.2 Å². The second kappa shape index (κ2) is 12.5. The predicted octanol–water partition coefficient (Wildman–Crippen LogP) is 6.20. The number of hydrogen-bond acceptors (Lipinski definition) is 7. The SMILES string of the molecule is COc1ccc2c(c1)CC(=O)N2CC(=O)OC(Cc1c(Cl)cncc1Cl)c1ccc(OC(F)F)c(OCC2CC2)c1. The van der Waals surface area contributed by atoms with Gasteiger partial charge < -0.3 is 23.8 Å². The number of pyridine rings is 1. The molecule has 1 saturated carbocycles. The molecule has 0 spiro atoms. The summed E-state index contributed by atoms with van der Waals surface area (Å²) in [5, 5.41) is 0.526. The highest BCUT2D eigenvalue weighted by molar-refractivity contribution is 6.35. The Labute approximate surface area is 245 Å². The fraction of sp³-hybridized carbons (Fsp3) is 0.345. The van der Waals surface area contributed by atoms with Gasteiger partial charge in [0, 0.05) is 24.5 Å². The number of aromatic nitrogens is 1. The van der Waals surface area contributed by atoms with Crippen LogP contribution in [-0.2, 0) is 27.2 Å². The largest absolute Gasteiger partial charge is 0.497 e. The van der Waals surface area contributed by atoms with Gasteiger partial charge in [-0.3, -0.25) is 14.6 Å². The zero-order chi connectivity index (χ0) is 29.1. The summed E-state index contributed by atoms with van der Waals surface area (Å²) >= 11 is 12.7. The summed E-state index contributed by atoms with van der Waals surface area (Å²) in [4.78, 5) is 31.3. The lowest BCUT2D eigenvalue weighted by atomic mass is 10.0. The molecule has 5 rings (SSSR count). The number of esters is 1. The van der Waals surface area contributed by atoms with Crippen molar-refractivity contribution in [1.82, 2.24) is 4.98 Å². The molecule has 3 aromatic rings. The molecule has 2 aliphatic rings. The number of anilines is 1. The van der Waals surface area contributed by atoms with Gasteiger partial charge in [0.2, 0.25) is 5.91 Å². The Morgan fingerprint density at radius 1 is 1.10 bits per heavy atom. The molecule has 1 aliphatic carbocycles. The van der Waals surface area contributed by atoms with Crippen molar-refractivity contribution in [2.45, 2.75) is 38.4 Å². The quantitative estimate of drug-likeness (QED) is 0.227. The topological polar surface area (TPSA) is 87.2 Å². The second-order valence-corrected chi connectivity index (χ2v) is 10.6. The summed E-state index contributed by atoms with van der Waals surface area (Å²) in [5.41, 5.74) is 2.24. The van der Waals surface area contributed by atoms with Crippen molar-refractivity contribution in [1.29, 1.82) is 0 Å². The number of carbonyl (C=O) groups excluding carboxylic acids is 2. The van der Waals surface area contributed by atoms with E-state index in [1.165, 1.54) is 42.6 Å². The Bertz CT molecular complexity index is 1430. The van der Waals surface area contributed by atoms with Crippen LogP contribution in [0.2, 0.25) is 10.0 Å². The first kappa shape index (κ1) is 28.9. The van der Waals surface area contributed by atoms with E-state index in [0.29, 0.717) is 35.1 Å². The maximum absolute atomic E-state index is 13.3. The summed E-state index contributed by atoms with van der Waals surface area (Å²) in [7, 11) is 1.53. The van der Waals surface area contributed by atoms with Crippen molar-refractivity contribution in [3.8, 4) is 17.2 Å². The van der Waals surface area contributed by atoms with Gasteiger partial charge in [-0.25, -0.2) is 0 Å². The molecule has 41 heavy (non-hydrogen) atoms. The van der Waals surface area contributed by atoms with E-state index in [4.69, 9.17) is 37.4 Å². The van der Waals surface area contributed by atoms with E-state index in [1.807, 2.05) is 0 Å². The molecule has 1 aromatic heterocycles. The maximum atomic E-state index is 13.3. The first-order valence-corrected chi connectivity index (χ1v) is 13.6. The molecular weight excluding hydrogens is 581 g/mol. The van der Waals surface area contributed by atoms with Crippen molar-refractivity contribution in [2.75, 3.05) is 25.2 Å². The maximum Gasteiger partial charge on any atom is 0.387 e. The molecular formula is C29H26Cl2F2N2O6. The van der Waals surface area contributed by atoms with Crippen LogP contribution in [0, 0.1) is 5.92 Å². The van der Waals surface area contributed by atoms with Crippen LogP contribution in [0.3, 0.4) is 0 Å². The van der Waals surface area contributed by atoms with Crippen LogP contribution < -0.4 is 19.1 Å². The number of ether oxygens (including phenoxy) is 4.